The monoisotopic (exact) mass is 268 g/mol. The number of allylic oxidation sites excluding steroid dienone is 1. The van der Waals surface area contributed by atoms with Crippen molar-refractivity contribution >= 4 is 11.9 Å². The van der Waals surface area contributed by atoms with E-state index in [0.717, 1.165) is 31.2 Å². The van der Waals surface area contributed by atoms with E-state index in [-0.39, 0.29) is 5.41 Å². The van der Waals surface area contributed by atoms with Gasteiger partial charge in [-0.3, -0.25) is 4.79 Å². The second-order valence-corrected chi connectivity index (χ2v) is 6.88. The summed E-state index contributed by atoms with van der Waals surface area (Å²) in [6, 6.07) is 5.73. The number of phenolic OH excluding ortho intramolecular Hbond substituents is 1. The third kappa shape index (κ3) is 1.48. The zero-order valence-corrected chi connectivity index (χ0v) is 11.8. The molecule has 1 aromatic rings. The molecule has 3 aliphatic carbocycles. The van der Waals surface area contributed by atoms with Crippen LogP contribution < -0.4 is 0 Å². The molecule has 0 heterocycles. The summed E-state index contributed by atoms with van der Waals surface area (Å²) in [5.74, 6) is 2.35. The Labute approximate surface area is 119 Å². The van der Waals surface area contributed by atoms with Gasteiger partial charge in [-0.15, -0.1) is 0 Å². The summed E-state index contributed by atoms with van der Waals surface area (Å²) in [5.41, 5.74) is 2.43. The third-order valence-electron chi connectivity index (χ3n) is 6.01. The maximum Gasteiger partial charge on any atom is 0.139 e. The van der Waals surface area contributed by atoms with Gasteiger partial charge in [0.05, 0.1) is 0 Å². The predicted molar refractivity (Wildman–Crippen MR) is 78.4 cm³/mol. The molecule has 0 unspecified atom stereocenters. The predicted octanol–water partition coefficient (Wildman–Crippen LogP) is 3.90. The average molecular weight is 268 g/mol. The van der Waals surface area contributed by atoms with Gasteiger partial charge in [-0.25, -0.2) is 0 Å². The lowest BCUT2D eigenvalue weighted by molar-refractivity contribution is -0.128. The maximum absolute atomic E-state index is 12.2. The van der Waals surface area contributed by atoms with Crippen LogP contribution in [-0.4, -0.2) is 10.9 Å². The quantitative estimate of drug-likeness (QED) is 0.775. The van der Waals surface area contributed by atoms with Crippen molar-refractivity contribution in [2.75, 3.05) is 0 Å². The van der Waals surface area contributed by atoms with Gasteiger partial charge in [0.1, 0.15) is 11.5 Å². The normalized spacial score (nSPS) is 38.2. The van der Waals surface area contributed by atoms with Crippen molar-refractivity contribution in [3.8, 4) is 5.75 Å². The first-order valence-corrected chi connectivity index (χ1v) is 7.64. The van der Waals surface area contributed by atoms with Gasteiger partial charge < -0.3 is 5.11 Å². The Hall–Kier alpha value is -1.57. The zero-order valence-electron chi connectivity index (χ0n) is 11.8. The molecule has 4 atom stereocenters. The molecule has 0 aliphatic heterocycles. The molecule has 0 bridgehead atoms. The highest BCUT2D eigenvalue weighted by Gasteiger charge is 2.53. The number of Topliss-reactive ketones (excluding diaryl/α,β-unsaturated/α-hetero) is 1. The number of aromatic hydroxyl groups is 1. The number of phenols is 1. The SMILES string of the molecule is C[C@]12CC[C@H]3c4ccc(O)cc4C=C[C@H]3[C@@H]1CCC2=O. The second-order valence-electron chi connectivity index (χ2n) is 6.88. The molecule has 4 rings (SSSR count). The minimum absolute atomic E-state index is 0.0834. The molecule has 3 aliphatic rings. The Morgan fingerprint density at radius 3 is 3.00 bits per heavy atom. The molecule has 20 heavy (non-hydrogen) atoms. The van der Waals surface area contributed by atoms with Crippen LogP contribution in [-0.2, 0) is 4.79 Å². The first kappa shape index (κ1) is 12.2. The highest BCUT2D eigenvalue weighted by Crippen LogP contribution is 2.58. The molecule has 2 fully saturated rings. The van der Waals surface area contributed by atoms with Crippen LogP contribution in [0.3, 0.4) is 0 Å². The molecule has 0 spiro atoms. The van der Waals surface area contributed by atoms with Crippen LogP contribution >= 0.6 is 0 Å². The largest absolute Gasteiger partial charge is 0.508 e. The number of benzene rings is 1. The fraction of sp³-hybridized carbons (Fsp3) is 0.500. The average Bonchev–Trinajstić information content (AvgIpc) is 2.74. The molecule has 0 amide bonds. The lowest BCUT2D eigenvalue weighted by Crippen LogP contribution is -2.40. The van der Waals surface area contributed by atoms with Crippen LogP contribution in [0.5, 0.6) is 5.75 Å². The number of rotatable bonds is 0. The Balaban J connectivity index is 1.77. The topological polar surface area (TPSA) is 37.3 Å². The highest BCUT2D eigenvalue weighted by molar-refractivity contribution is 5.87. The van der Waals surface area contributed by atoms with Crippen molar-refractivity contribution in [2.45, 2.75) is 38.5 Å². The molecular weight excluding hydrogens is 248 g/mol. The number of fused-ring (bicyclic) bond motifs is 5. The standard InChI is InChI=1S/C18H20O2/c1-18-9-8-14-13-5-3-12(19)10-11(13)2-4-15(14)16(18)6-7-17(18)20/h2-5,10,14-16,19H,6-9H2,1H3/t14-,15+,16-,18-/m0/s1. The summed E-state index contributed by atoms with van der Waals surface area (Å²) in [4.78, 5) is 12.2. The van der Waals surface area contributed by atoms with Gasteiger partial charge in [-0.05, 0) is 60.3 Å². The van der Waals surface area contributed by atoms with Gasteiger partial charge >= 0.3 is 0 Å². The molecular formula is C18H20O2. The maximum atomic E-state index is 12.2. The number of carbonyl (C=O) groups excluding carboxylic acids is 1. The lowest BCUT2D eigenvalue weighted by atomic mass is 9.57. The number of hydrogen-bond donors (Lipinski definition) is 1. The van der Waals surface area contributed by atoms with E-state index in [9.17, 15) is 9.90 Å². The number of hydrogen-bond acceptors (Lipinski definition) is 2. The summed E-state index contributed by atoms with van der Waals surface area (Å²) in [7, 11) is 0. The Morgan fingerprint density at radius 2 is 2.15 bits per heavy atom. The van der Waals surface area contributed by atoms with Crippen LogP contribution in [0.15, 0.2) is 24.3 Å². The van der Waals surface area contributed by atoms with Crippen LogP contribution in [0.25, 0.3) is 6.08 Å². The fourth-order valence-corrected chi connectivity index (χ4v) is 4.86. The van der Waals surface area contributed by atoms with Crippen molar-refractivity contribution in [3.05, 3.63) is 35.4 Å². The lowest BCUT2D eigenvalue weighted by Gasteiger charge is -2.46. The van der Waals surface area contributed by atoms with Gasteiger partial charge in [0.2, 0.25) is 0 Å². The van der Waals surface area contributed by atoms with E-state index in [4.69, 9.17) is 0 Å². The smallest absolute Gasteiger partial charge is 0.139 e. The zero-order chi connectivity index (χ0) is 13.9. The molecule has 0 radical (unpaired) electrons. The third-order valence-corrected chi connectivity index (χ3v) is 6.01. The van der Waals surface area contributed by atoms with E-state index in [1.54, 1.807) is 6.07 Å². The molecule has 1 N–H and O–H groups in total. The molecule has 0 aromatic heterocycles. The van der Waals surface area contributed by atoms with E-state index in [1.807, 2.05) is 6.07 Å². The first-order chi connectivity index (χ1) is 9.59. The molecule has 2 heteroatoms. The molecule has 1 aromatic carbocycles. The first-order valence-electron chi connectivity index (χ1n) is 7.64. The van der Waals surface area contributed by atoms with Crippen molar-refractivity contribution in [1.82, 2.24) is 0 Å². The minimum atomic E-state index is -0.0834. The van der Waals surface area contributed by atoms with E-state index in [2.05, 4.69) is 25.1 Å². The Bertz CT molecular complexity index is 616. The van der Waals surface area contributed by atoms with Crippen LogP contribution in [0.4, 0.5) is 0 Å². The molecule has 2 nitrogen and oxygen atoms in total. The Morgan fingerprint density at radius 1 is 1.30 bits per heavy atom. The minimum Gasteiger partial charge on any atom is -0.508 e. The van der Waals surface area contributed by atoms with E-state index in [1.165, 1.54) is 5.56 Å². The summed E-state index contributed by atoms with van der Waals surface area (Å²) >= 11 is 0. The Kier molecular flexibility index (Phi) is 2.42. The molecule has 2 saturated carbocycles. The van der Waals surface area contributed by atoms with Gasteiger partial charge in [0.15, 0.2) is 0 Å². The van der Waals surface area contributed by atoms with Gasteiger partial charge in [-0.1, -0.05) is 25.1 Å². The highest BCUT2D eigenvalue weighted by atomic mass is 16.3. The molecule has 104 valence electrons. The number of carbonyl (C=O) groups is 1. The second kappa shape index (κ2) is 3.97. The van der Waals surface area contributed by atoms with Crippen molar-refractivity contribution < 1.29 is 9.90 Å². The van der Waals surface area contributed by atoms with E-state index < -0.39 is 0 Å². The van der Waals surface area contributed by atoms with Crippen molar-refractivity contribution in [1.29, 1.82) is 0 Å². The molecule has 0 saturated heterocycles. The van der Waals surface area contributed by atoms with Crippen LogP contribution in [0.2, 0.25) is 0 Å². The summed E-state index contributed by atoms with van der Waals surface area (Å²) in [6.07, 6.45) is 8.37. The van der Waals surface area contributed by atoms with Gasteiger partial charge in [0.25, 0.3) is 0 Å². The summed E-state index contributed by atoms with van der Waals surface area (Å²) < 4.78 is 0. The van der Waals surface area contributed by atoms with E-state index in [0.29, 0.717) is 29.3 Å². The van der Waals surface area contributed by atoms with Gasteiger partial charge in [-0.2, -0.15) is 0 Å². The van der Waals surface area contributed by atoms with E-state index >= 15 is 0 Å². The van der Waals surface area contributed by atoms with Crippen molar-refractivity contribution in [2.24, 2.45) is 17.3 Å². The van der Waals surface area contributed by atoms with Crippen LogP contribution in [0.1, 0.15) is 49.7 Å². The van der Waals surface area contributed by atoms with Crippen molar-refractivity contribution in [3.63, 3.8) is 0 Å². The summed E-state index contributed by atoms with van der Waals surface area (Å²) in [6.45, 7) is 2.18. The van der Waals surface area contributed by atoms with Crippen LogP contribution in [0, 0.1) is 17.3 Å². The summed E-state index contributed by atoms with van der Waals surface area (Å²) in [5, 5.41) is 9.63. The number of ketones is 1. The fourth-order valence-electron chi connectivity index (χ4n) is 4.86. The van der Waals surface area contributed by atoms with Gasteiger partial charge in [0, 0.05) is 11.8 Å².